The maximum atomic E-state index is 12.4. The quantitative estimate of drug-likeness (QED) is 0.262. The van der Waals surface area contributed by atoms with Crippen LogP contribution < -0.4 is 9.47 Å². The smallest absolute Gasteiger partial charge is 0.345 e. The number of hydrogen-bond acceptors (Lipinski definition) is 9. The van der Waals surface area contributed by atoms with Crippen molar-refractivity contribution in [3.05, 3.63) is 52.3 Å². The number of carbonyl (C=O) groups is 3. The molecule has 146 valence electrons. The van der Waals surface area contributed by atoms with Gasteiger partial charge >= 0.3 is 11.9 Å². The highest BCUT2D eigenvalue weighted by Crippen LogP contribution is 2.50. The monoisotopic (exact) mass is 388 g/mol. The molecular formula is C19H16O9. The third-order valence-corrected chi connectivity index (χ3v) is 4.43. The number of esters is 2. The SMILES string of the molecule is C=C1C(=O)Oc2c(C)c(O)c3c(c2OC/C(=C/O)C(=O)/C=C\1C)C(O)OC3=O. The molecule has 3 rings (SSSR count). The molecule has 1 aromatic carbocycles. The van der Waals surface area contributed by atoms with Gasteiger partial charge in [0.2, 0.25) is 6.29 Å². The van der Waals surface area contributed by atoms with Crippen LogP contribution in [0.4, 0.5) is 0 Å². The molecule has 2 heterocycles. The normalized spacial score (nSPS) is 23.0. The van der Waals surface area contributed by atoms with Crippen LogP contribution in [-0.4, -0.2) is 39.6 Å². The fourth-order valence-electron chi connectivity index (χ4n) is 2.77. The highest BCUT2D eigenvalue weighted by atomic mass is 16.6. The number of aromatic hydroxyl groups is 1. The van der Waals surface area contributed by atoms with E-state index in [9.17, 15) is 29.7 Å². The Bertz CT molecular complexity index is 997. The molecule has 0 saturated heterocycles. The Balaban J connectivity index is 2.27. The largest absolute Gasteiger partial charge is 0.515 e. The van der Waals surface area contributed by atoms with E-state index in [0.29, 0.717) is 6.26 Å². The van der Waals surface area contributed by atoms with Crippen molar-refractivity contribution in [1.82, 2.24) is 0 Å². The van der Waals surface area contributed by atoms with Gasteiger partial charge in [-0.3, -0.25) is 4.79 Å². The van der Waals surface area contributed by atoms with Gasteiger partial charge in [-0.05, 0) is 25.5 Å². The number of ether oxygens (including phenoxy) is 3. The number of carbonyl (C=O) groups excluding carboxylic acids is 3. The van der Waals surface area contributed by atoms with Gasteiger partial charge in [0.25, 0.3) is 0 Å². The van der Waals surface area contributed by atoms with Crippen molar-refractivity contribution in [2.45, 2.75) is 20.1 Å². The number of aliphatic hydroxyl groups is 2. The van der Waals surface area contributed by atoms with Gasteiger partial charge in [-0.1, -0.05) is 6.58 Å². The van der Waals surface area contributed by atoms with Crippen LogP contribution in [0.1, 0.15) is 34.7 Å². The Hall–Kier alpha value is -3.59. The van der Waals surface area contributed by atoms with Crippen LogP contribution in [0.2, 0.25) is 0 Å². The molecule has 0 aromatic heterocycles. The summed E-state index contributed by atoms with van der Waals surface area (Å²) in [7, 11) is 0. The summed E-state index contributed by atoms with van der Waals surface area (Å²) in [5.74, 6) is -3.68. The van der Waals surface area contributed by atoms with E-state index >= 15 is 0 Å². The zero-order chi connectivity index (χ0) is 20.7. The number of phenolic OH excluding ortho intramolecular Hbond substituents is 1. The lowest BCUT2D eigenvalue weighted by atomic mass is 10.0. The Morgan fingerprint density at radius 2 is 1.86 bits per heavy atom. The minimum absolute atomic E-state index is 0.0253. The first-order valence-corrected chi connectivity index (χ1v) is 8.06. The van der Waals surface area contributed by atoms with Gasteiger partial charge in [0.15, 0.2) is 17.3 Å². The third kappa shape index (κ3) is 2.91. The first-order valence-electron chi connectivity index (χ1n) is 8.06. The minimum atomic E-state index is -1.79. The minimum Gasteiger partial charge on any atom is -0.515 e. The van der Waals surface area contributed by atoms with Gasteiger partial charge in [-0.25, -0.2) is 9.59 Å². The van der Waals surface area contributed by atoms with Crippen molar-refractivity contribution in [1.29, 1.82) is 0 Å². The summed E-state index contributed by atoms with van der Waals surface area (Å²) >= 11 is 0. The number of allylic oxidation sites excluding steroid dienone is 1. The molecule has 0 spiro atoms. The van der Waals surface area contributed by atoms with Gasteiger partial charge in [0, 0.05) is 5.56 Å². The number of rotatable bonds is 0. The van der Waals surface area contributed by atoms with Crippen LogP contribution in [0.25, 0.3) is 0 Å². The van der Waals surface area contributed by atoms with Gasteiger partial charge in [-0.2, -0.15) is 0 Å². The molecule has 1 aromatic rings. The Morgan fingerprint density at radius 1 is 1.18 bits per heavy atom. The zero-order valence-electron chi connectivity index (χ0n) is 14.9. The molecule has 0 saturated carbocycles. The fourth-order valence-corrected chi connectivity index (χ4v) is 2.77. The van der Waals surface area contributed by atoms with Gasteiger partial charge in [0.05, 0.1) is 23.0 Å². The lowest BCUT2D eigenvalue weighted by molar-refractivity contribution is -0.130. The molecule has 1 unspecified atom stereocenters. The molecule has 3 N–H and O–H groups in total. The Labute approximate surface area is 158 Å². The zero-order valence-corrected chi connectivity index (χ0v) is 14.9. The van der Waals surface area contributed by atoms with Crippen molar-refractivity contribution < 1.29 is 43.9 Å². The standard InChI is InChI=1S/C19H16O9/c1-7-4-11(21)10(5-20)6-26-16-13-12(18(24)28-19(13)25)14(22)9(3)15(16)27-17(23)8(7)2/h4-5,19-20,22,25H,2,6H2,1,3H3/b7-4-,10-5-. The van der Waals surface area contributed by atoms with E-state index in [4.69, 9.17) is 14.2 Å². The highest BCUT2D eigenvalue weighted by Gasteiger charge is 2.40. The summed E-state index contributed by atoms with van der Waals surface area (Å²) in [5, 5.41) is 29.8. The van der Waals surface area contributed by atoms with Gasteiger partial charge in [0.1, 0.15) is 17.9 Å². The Kier molecular flexibility index (Phi) is 4.70. The summed E-state index contributed by atoms with van der Waals surface area (Å²) in [6.07, 6.45) is -0.158. The summed E-state index contributed by atoms with van der Waals surface area (Å²) in [5.41, 5.74) is -0.752. The van der Waals surface area contributed by atoms with Crippen LogP contribution in [0.3, 0.4) is 0 Å². The molecule has 0 bridgehead atoms. The summed E-state index contributed by atoms with van der Waals surface area (Å²) in [6.45, 7) is 5.92. The van der Waals surface area contributed by atoms with E-state index < -0.39 is 36.4 Å². The second kappa shape index (κ2) is 6.86. The number of cyclic esters (lactones) is 1. The number of phenols is 1. The van der Waals surface area contributed by atoms with Crippen molar-refractivity contribution >= 4 is 17.7 Å². The van der Waals surface area contributed by atoms with Crippen molar-refractivity contribution in [2.75, 3.05) is 6.61 Å². The van der Waals surface area contributed by atoms with Crippen molar-refractivity contribution in [3.63, 3.8) is 0 Å². The number of ketones is 1. The molecular weight excluding hydrogens is 372 g/mol. The first kappa shape index (κ1) is 19.2. The van der Waals surface area contributed by atoms with Crippen LogP contribution >= 0.6 is 0 Å². The average molecular weight is 388 g/mol. The maximum Gasteiger partial charge on any atom is 0.345 e. The summed E-state index contributed by atoms with van der Waals surface area (Å²) in [4.78, 5) is 36.7. The van der Waals surface area contributed by atoms with Crippen molar-refractivity contribution in [2.24, 2.45) is 0 Å². The predicted octanol–water partition coefficient (Wildman–Crippen LogP) is 1.67. The van der Waals surface area contributed by atoms with E-state index in [0.717, 1.165) is 6.08 Å². The van der Waals surface area contributed by atoms with E-state index in [1.807, 2.05) is 0 Å². The summed E-state index contributed by atoms with van der Waals surface area (Å²) < 4.78 is 15.5. The second-order valence-electron chi connectivity index (χ2n) is 6.18. The van der Waals surface area contributed by atoms with E-state index in [2.05, 4.69) is 6.58 Å². The van der Waals surface area contributed by atoms with Crippen LogP contribution in [0.15, 0.2) is 35.6 Å². The van der Waals surface area contributed by atoms with Gasteiger partial charge in [-0.15, -0.1) is 0 Å². The molecule has 2 aliphatic heterocycles. The molecule has 1 atom stereocenters. The number of aliphatic hydroxyl groups excluding tert-OH is 2. The van der Waals surface area contributed by atoms with Crippen LogP contribution in [0.5, 0.6) is 17.2 Å². The van der Waals surface area contributed by atoms with Crippen LogP contribution in [0, 0.1) is 6.92 Å². The average Bonchev–Trinajstić information content (AvgIpc) is 2.93. The number of benzene rings is 1. The molecule has 2 aliphatic rings. The lowest BCUT2D eigenvalue weighted by Crippen LogP contribution is -2.14. The Morgan fingerprint density at radius 3 is 2.50 bits per heavy atom. The molecule has 0 amide bonds. The molecule has 28 heavy (non-hydrogen) atoms. The third-order valence-electron chi connectivity index (χ3n) is 4.43. The molecule has 0 fully saturated rings. The summed E-state index contributed by atoms with van der Waals surface area (Å²) in [6, 6.07) is 0. The fraction of sp³-hybridized carbons (Fsp3) is 0.211. The van der Waals surface area contributed by atoms with E-state index in [1.165, 1.54) is 13.8 Å². The molecule has 9 heteroatoms. The predicted molar refractivity (Wildman–Crippen MR) is 93.0 cm³/mol. The second-order valence-corrected chi connectivity index (χ2v) is 6.18. The molecule has 0 aliphatic carbocycles. The van der Waals surface area contributed by atoms with E-state index in [-0.39, 0.29) is 44.9 Å². The maximum absolute atomic E-state index is 12.4. The first-order chi connectivity index (χ1) is 13.2. The highest BCUT2D eigenvalue weighted by molar-refractivity contribution is 6.07. The number of hydrogen-bond donors (Lipinski definition) is 3. The topological polar surface area (TPSA) is 140 Å². The lowest BCUT2D eigenvalue weighted by Gasteiger charge is -2.18. The molecule has 0 radical (unpaired) electrons. The van der Waals surface area contributed by atoms with Crippen molar-refractivity contribution in [3.8, 4) is 17.2 Å². The van der Waals surface area contributed by atoms with Gasteiger partial charge < -0.3 is 29.5 Å². The number of fused-ring (bicyclic) bond motifs is 3. The van der Waals surface area contributed by atoms with E-state index in [1.54, 1.807) is 0 Å². The van der Waals surface area contributed by atoms with Crippen LogP contribution in [-0.2, 0) is 14.3 Å². The molecule has 9 nitrogen and oxygen atoms in total.